The zero-order valence-electron chi connectivity index (χ0n) is 14.8. The lowest BCUT2D eigenvalue weighted by Gasteiger charge is -2.19. The Hall–Kier alpha value is -2.49. The molecule has 0 amide bonds. The van der Waals surface area contributed by atoms with Gasteiger partial charge in [-0.05, 0) is 35.6 Å². The van der Waals surface area contributed by atoms with Gasteiger partial charge in [0.2, 0.25) is 0 Å². The van der Waals surface area contributed by atoms with E-state index in [4.69, 9.17) is 0 Å². The van der Waals surface area contributed by atoms with E-state index in [-0.39, 0.29) is 5.41 Å². The number of aromatic amines is 1. The lowest BCUT2D eigenvalue weighted by molar-refractivity contribution is 0.590. The van der Waals surface area contributed by atoms with Crippen LogP contribution in [0.15, 0.2) is 41.7 Å². The average Bonchev–Trinajstić information content (AvgIpc) is 2.93. The smallest absolute Gasteiger partial charge is 0.156 e. The number of rotatable bonds is 4. The van der Waals surface area contributed by atoms with Crippen molar-refractivity contribution < 1.29 is 0 Å². The normalized spacial score (nSPS) is 12.3. The highest BCUT2D eigenvalue weighted by atomic mass is 14.9. The first-order valence-electron chi connectivity index (χ1n) is 8.34. The summed E-state index contributed by atoms with van der Waals surface area (Å²) in [5.41, 5.74) is 6.78. The third-order valence-electron chi connectivity index (χ3n) is 4.27. The lowest BCUT2D eigenvalue weighted by Crippen LogP contribution is -2.10. The van der Waals surface area contributed by atoms with Crippen LogP contribution < -0.4 is 0 Å². The summed E-state index contributed by atoms with van der Waals surface area (Å²) < 4.78 is 0. The predicted molar refractivity (Wildman–Crippen MR) is 101 cm³/mol. The summed E-state index contributed by atoms with van der Waals surface area (Å²) in [5, 5.41) is 0. The van der Waals surface area contributed by atoms with Gasteiger partial charge in [0.25, 0.3) is 0 Å². The second kappa shape index (κ2) is 6.56. The number of benzene rings is 1. The summed E-state index contributed by atoms with van der Waals surface area (Å²) >= 11 is 0. The molecule has 0 aliphatic heterocycles. The summed E-state index contributed by atoms with van der Waals surface area (Å²) in [6, 6.07) is 8.78. The number of aliphatic imine (C=N–C) groups is 1. The molecule has 2 heterocycles. The Morgan fingerprint density at radius 2 is 1.79 bits per heavy atom. The zero-order valence-corrected chi connectivity index (χ0v) is 14.8. The van der Waals surface area contributed by atoms with Crippen molar-refractivity contribution in [3.8, 4) is 11.3 Å². The van der Waals surface area contributed by atoms with Crippen LogP contribution in [0.5, 0.6) is 0 Å². The van der Waals surface area contributed by atoms with Gasteiger partial charge in [-0.1, -0.05) is 45.0 Å². The minimum atomic E-state index is 0.155. The van der Waals surface area contributed by atoms with E-state index in [1.165, 1.54) is 16.7 Å². The molecule has 3 rings (SSSR count). The highest BCUT2D eigenvalue weighted by Gasteiger charge is 2.17. The first kappa shape index (κ1) is 16.4. The van der Waals surface area contributed by atoms with Crippen LogP contribution in [0, 0.1) is 0 Å². The first-order chi connectivity index (χ1) is 11.5. The van der Waals surface area contributed by atoms with Gasteiger partial charge in [0.05, 0.1) is 5.69 Å². The number of aromatic nitrogens is 3. The quantitative estimate of drug-likeness (QED) is 0.717. The Balaban J connectivity index is 2.06. The van der Waals surface area contributed by atoms with E-state index in [2.05, 4.69) is 65.0 Å². The SMILES string of the molecule is CN=CCCc1c(-c2ccc(C(C)(C)C)cc2)[nH]c2nccnc12. The molecule has 3 aromatic rings. The van der Waals surface area contributed by atoms with Gasteiger partial charge >= 0.3 is 0 Å². The highest BCUT2D eigenvalue weighted by molar-refractivity contribution is 5.85. The van der Waals surface area contributed by atoms with Gasteiger partial charge in [0.15, 0.2) is 5.65 Å². The second-order valence-electron chi connectivity index (χ2n) is 7.04. The Morgan fingerprint density at radius 1 is 1.08 bits per heavy atom. The third kappa shape index (κ3) is 3.23. The van der Waals surface area contributed by atoms with Crippen molar-refractivity contribution >= 4 is 17.4 Å². The third-order valence-corrected chi connectivity index (χ3v) is 4.27. The summed E-state index contributed by atoms with van der Waals surface area (Å²) in [6.07, 6.45) is 7.21. The molecule has 0 radical (unpaired) electrons. The minimum Gasteiger partial charge on any atom is -0.338 e. The number of aryl methyl sites for hydroxylation is 1. The molecule has 0 aliphatic carbocycles. The van der Waals surface area contributed by atoms with Gasteiger partial charge in [0.1, 0.15) is 5.52 Å². The molecule has 2 aromatic heterocycles. The second-order valence-corrected chi connectivity index (χ2v) is 7.04. The summed E-state index contributed by atoms with van der Waals surface area (Å²) in [7, 11) is 1.81. The van der Waals surface area contributed by atoms with Crippen molar-refractivity contribution in [3.63, 3.8) is 0 Å². The van der Waals surface area contributed by atoms with Crippen LogP contribution in [-0.2, 0) is 11.8 Å². The molecule has 1 aromatic carbocycles. The molecule has 24 heavy (non-hydrogen) atoms. The van der Waals surface area contributed by atoms with Crippen molar-refractivity contribution in [2.24, 2.45) is 4.99 Å². The predicted octanol–water partition coefficient (Wildman–Crippen LogP) is 4.56. The van der Waals surface area contributed by atoms with Gasteiger partial charge in [0, 0.05) is 25.0 Å². The van der Waals surface area contributed by atoms with Crippen LogP contribution >= 0.6 is 0 Å². The Labute approximate surface area is 143 Å². The van der Waals surface area contributed by atoms with Crippen LogP contribution in [0.2, 0.25) is 0 Å². The van der Waals surface area contributed by atoms with E-state index in [1.807, 2.05) is 6.21 Å². The number of nitrogens with one attached hydrogen (secondary N) is 1. The first-order valence-corrected chi connectivity index (χ1v) is 8.34. The lowest BCUT2D eigenvalue weighted by atomic mass is 9.86. The molecule has 0 saturated carbocycles. The van der Waals surface area contributed by atoms with E-state index >= 15 is 0 Å². The summed E-state index contributed by atoms with van der Waals surface area (Å²) in [5.74, 6) is 0. The highest BCUT2D eigenvalue weighted by Crippen LogP contribution is 2.31. The molecule has 4 nitrogen and oxygen atoms in total. The van der Waals surface area contributed by atoms with Gasteiger partial charge in [-0.3, -0.25) is 4.98 Å². The molecule has 0 fully saturated rings. The Kier molecular flexibility index (Phi) is 4.47. The van der Waals surface area contributed by atoms with Crippen molar-refractivity contribution in [2.75, 3.05) is 7.05 Å². The van der Waals surface area contributed by atoms with E-state index in [0.29, 0.717) is 0 Å². The molecule has 124 valence electrons. The van der Waals surface area contributed by atoms with E-state index < -0.39 is 0 Å². The number of fused-ring (bicyclic) bond motifs is 1. The van der Waals surface area contributed by atoms with Gasteiger partial charge < -0.3 is 9.98 Å². The Bertz CT molecular complexity index is 851. The molecule has 0 aliphatic rings. The van der Waals surface area contributed by atoms with Crippen molar-refractivity contribution in [3.05, 3.63) is 47.8 Å². The molecular formula is C20H24N4. The molecule has 0 atom stereocenters. The average molecular weight is 320 g/mol. The molecule has 0 unspecified atom stereocenters. The fourth-order valence-electron chi connectivity index (χ4n) is 2.93. The molecular weight excluding hydrogens is 296 g/mol. The van der Waals surface area contributed by atoms with Crippen LogP contribution in [0.1, 0.15) is 38.3 Å². The summed E-state index contributed by atoms with van der Waals surface area (Å²) in [4.78, 5) is 16.5. The van der Waals surface area contributed by atoms with Crippen LogP contribution in [0.4, 0.5) is 0 Å². The van der Waals surface area contributed by atoms with E-state index in [1.54, 1.807) is 19.4 Å². The number of nitrogens with zero attached hydrogens (tertiary/aromatic N) is 3. The standard InChI is InChI=1S/C20H24N4/c1-20(2,3)15-9-7-14(8-10-15)17-16(6-5-11-21-4)18-19(24-17)23-13-12-22-18/h7-13H,5-6H2,1-4H3,(H,23,24). The molecule has 1 N–H and O–H groups in total. The zero-order chi connectivity index (χ0) is 17.2. The molecule has 4 heteroatoms. The Morgan fingerprint density at radius 3 is 2.46 bits per heavy atom. The topological polar surface area (TPSA) is 53.9 Å². The largest absolute Gasteiger partial charge is 0.338 e. The van der Waals surface area contributed by atoms with Crippen molar-refractivity contribution in [2.45, 2.75) is 39.0 Å². The van der Waals surface area contributed by atoms with Gasteiger partial charge in [-0.25, -0.2) is 4.98 Å². The maximum absolute atomic E-state index is 4.52. The minimum absolute atomic E-state index is 0.155. The number of hydrogen-bond acceptors (Lipinski definition) is 3. The molecule has 0 spiro atoms. The maximum atomic E-state index is 4.52. The fourth-order valence-corrected chi connectivity index (χ4v) is 2.93. The van der Waals surface area contributed by atoms with Crippen LogP contribution in [-0.4, -0.2) is 28.2 Å². The van der Waals surface area contributed by atoms with E-state index in [0.717, 1.165) is 29.7 Å². The maximum Gasteiger partial charge on any atom is 0.156 e. The van der Waals surface area contributed by atoms with Crippen molar-refractivity contribution in [1.82, 2.24) is 15.0 Å². The monoisotopic (exact) mass is 320 g/mol. The van der Waals surface area contributed by atoms with Crippen LogP contribution in [0.25, 0.3) is 22.4 Å². The summed E-state index contributed by atoms with van der Waals surface area (Å²) in [6.45, 7) is 6.69. The number of hydrogen-bond donors (Lipinski definition) is 1. The van der Waals surface area contributed by atoms with Crippen LogP contribution in [0.3, 0.4) is 0 Å². The van der Waals surface area contributed by atoms with Gasteiger partial charge in [-0.2, -0.15) is 0 Å². The number of H-pyrrole nitrogens is 1. The van der Waals surface area contributed by atoms with E-state index in [9.17, 15) is 0 Å². The van der Waals surface area contributed by atoms with Crippen molar-refractivity contribution in [1.29, 1.82) is 0 Å². The molecule has 0 bridgehead atoms. The van der Waals surface area contributed by atoms with Gasteiger partial charge in [-0.15, -0.1) is 0 Å². The molecule has 0 saturated heterocycles. The fraction of sp³-hybridized carbons (Fsp3) is 0.350.